The van der Waals surface area contributed by atoms with Crippen molar-refractivity contribution in [1.29, 1.82) is 0 Å². The van der Waals surface area contributed by atoms with Crippen LogP contribution < -0.4 is 5.56 Å². The van der Waals surface area contributed by atoms with E-state index >= 15 is 0 Å². The largest absolute Gasteiger partial charge is 0.465 e. The Labute approximate surface area is 182 Å². The summed E-state index contributed by atoms with van der Waals surface area (Å²) >= 11 is 1.08. The molecule has 1 aromatic heterocycles. The number of rotatable bonds is 6. The van der Waals surface area contributed by atoms with Crippen molar-refractivity contribution in [1.82, 2.24) is 9.55 Å². The number of aromatic nitrogens is 2. The van der Waals surface area contributed by atoms with E-state index in [-0.39, 0.29) is 17.9 Å². The fraction of sp³-hybridized carbons (Fsp3) is 0.125. The van der Waals surface area contributed by atoms with Gasteiger partial charge in [-0.15, -0.1) is 0 Å². The SMILES string of the molecule is CCOC(=O)CSc1nc2ccc(-c3ccccc3)cc2c(=O)n1-c1cccc(F)c1. The lowest BCUT2D eigenvalue weighted by molar-refractivity contribution is -0.139. The van der Waals surface area contributed by atoms with Crippen molar-refractivity contribution in [2.45, 2.75) is 12.1 Å². The van der Waals surface area contributed by atoms with Gasteiger partial charge in [-0.05, 0) is 48.4 Å². The summed E-state index contributed by atoms with van der Waals surface area (Å²) in [5.74, 6) is -0.889. The van der Waals surface area contributed by atoms with Gasteiger partial charge in [0, 0.05) is 0 Å². The van der Waals surface area contributed by atoms with Crippen molar-refractivity contribution in [3.8, 4) is 16.8 Å². The Bertz CT molecular complexity index is 1310. The van der Waals surface area contributed by atoms with E-state index in [9.17, 15) is 14.0 Å². The molecule has 0 atom stereocenters. The Hall–Kier alpha value is -3.45. The molecule has 31 heavy (non-hydrogen) atoms. The molecule has 0 bridgehead atoms. The predicted octanol–water partition coefficient (Wildman–Crippen LogP) is 4.85. The topological polar surface area (TPSA) is 61.2 Å². The third kappa shape index (κ3) is 4.51. The highest BCUT2D eigenvalue weighted by atomic mass is 32.2. The monoisotopic (exact) mass is 434 g/mol. The number of halogens is 1. The molecule has 4 rings (SSSR count). The van der Waals surface area contributed by atoms with E-state index in [1.54, 1.807) is 25.1 Å². The van der Waals surface area contributed by atoms with Crippen LogP contribution in [-0.2, 0) is 9.53 Å². The van der Waals surface area contributed by atoms with Crippen LogP contribution in [0.2, 0.25) is 0 Å². The molecule has 0 saturated carbocycles. The molecule has 0 amide bonds. The van der Waals surface area contributed by atoms with Crippen LogP contribution in [0.4, 0.5) is 4.39 Å². The molecule has 1 heterocycles. The summed E-state index contributed by atoms with van der Waals surface area (Å²) in [5, 5.41) is 0.703. The molecule has 0 aliphatic rings. The Balaban J connectivity index is 1.88. The first-order valence-corrected chi connectivity index (χ1v) is 10.7. The van der Waals surface area contributed by atoms with Crippen molar-refractivity contribution in [2.24, 2.45) is 0 Å². The summed E-state index contributed by atoms with van der Waals surface area (Å²) in [7, 11) is 0. The number of carbonyl (C=O) groups excluding carboxylic acids is 1. The number of carbonyl (C=O) groups is 1. The Morgan fingerprint density at radius 3 is 2.58 bits per heavy atom. The van der Waals surface area contributed by atoms with Crippen LogP contribution in [0.3, 0.4) is 0 Å². The summed E-state index contributed by atoms with van der Waals surface area (Å²) in [6.07, 6.45) is 0. The summed E-state index contributed by atoms with van der Waals surface area (Å²) < 4.78 is 20.2. The summed E-state index contributed by atoms with van der Waals surface area (Å²) in [6.45, 7) is 1.99. The molecule has 0 spiro atoms. The second-order valence-corrected chi connectivity index (χ2v) is 7.65. The standard InChI is InChI=1S/C24H19FN2O3S/c1-2-30-22(28)15-31-24-26-21-12-11-17(16-7-4-3-5-8-16)13-20(21)23(29)27(24)19-10-6-9-18(25)14-19/h3-14H,2,15H2,1H3. The van der Waals surface area contributed by atoms with Gasteiger partial charge in [0.1, 0.15) is 5.82 Å². The van der Waals surface area contributed by atoms with E-state index in [1.165, 1.54) is 22.8 Å². The van der Waals surface area contributed by atoms with E-state index in [0.29, 0.717) is 21.7 Å². The first kappa shape index (κ1) is 20.8. The van der Waals surface area contributed by atoms with Gasteiger partial charge < -0.3 is 4.74 Å². The van der Waals surface area contributed by atoms with Crippen LogP contribution in [-0.4, -0.2) is 27.9 Å². The summed E-state index contributed by atoms with van der Waals surface area (Å²) in [5.41, 5.74) is 2.37. The first-order valence-electron chi connectivity index (χ1n) is 9.73. The number of fused-ring (bicyclic) bond motifs is 1. The van der Waals surface area contributed by atoms with E-state index in [4.69, 9.17) is 4.74 Å². The second-order valence-electron chi connectivity index (χ2n) is 6.71. The maximum atomic E-state index is 13.9. The molecule has 0 unspecified atom stereocenters. The molecular weight excluding hydrogens is 415 g/mol. The van der Waals surface area contributed by atoms with Gasteiger partial charge >= 0.3 is 5.97 Å². The van der Waals surface area contributed by atoms with Gasteiger partial charge in [0.15, 0.2) is 5.16 Å². The van der Waals surface area contributed by atoms with Crippen LogP contribution in [0.15, 0.2) is 82.7 Å². The van der Waals surface area contributed by atoms with Crippen molar-refractivity contribution in [2.75, 3.05) is 12.4 Å². The summed E-state index contributed by atoms with van der Waals surface area (Å²) in [4.78, 5) is 29.9. The minimum atomic E-state index is -0.469. The molecule has 0 N–H and O–H groups in total. The Morgan fingerprint density at radius 2 is 1.84 bits per heavy atom. The molecule has 0 aliphatic carbocycles. The highest BCUT2D eigenvalue weighted by Gasteiger charge is 2.16. The molecule has 0 radical (unpaired) electrons. The molecule has 5 nitrogen and oxygen atoms in total. The minimum absolute atomic E-state index is 0.0107. The van der Waals surface area contributed by atoms with Crippen LogP contribution in [0.1, 0.15) is 6.92 Å². The quantitative estimate of drug-likeness (QED) is 0.247. The molecular formula is C24H19FN2O3S. The van der Waals surface area contributed by atoms with Gasteiger partial charge in [0.05, 0.1) is 29.0 Å². The average molecular weight is 434 g/mol. The zero-order valence-corrected chi connectivity index (χ0v) is 17.6. The number of benzene rings is 3. The predicted molar refractivity (Wildman–Crippen MR) is 120 cm³/mol. The first-order chi connectivity index (χ1) is 15.1. The highest BCUT2D eigenvalue weighted by molar-refractivity contribution is 7.99. The second kappa shape index (κ2) is 9.14. The molecule has 0 saturated heterocycles. The third-order valence-electron chi connectivity index (χ3n) is 4.64. The summed E-state index contributed by atoms with van der Waals surface area (Å²) in [6, 6.07) is 20.9. The van der Waals surface area contributed by atoms with Crippen molar-refractivity contribution < 1.29 is 13.9 Å². The lowest BCUT2D eigenvalue weighted by atomic mass is 10.0. The number of ether oxygens (including phenoxy) is 1. The Morgan fingerprint density at radius 1 is 1.03 bits per heavy atom. The number of hydrogen-bond acceptors (Lipinski definition) is 5. The fourth-order valence-electron chi connectivity index (χ4n) is 3.24. The van der Waals surface area contributed by atoms with E-state index < -0.39 is 11.8 Å². The van der Waals surface area contributed by atoms with Crippen molar-refractivity contribution >= 4 is 28.6 Å². The zero-order valence-electron chi connectivity index (χ0n) is 16.7. The minimum Gasteiger partial charge on any atom is -0.465 e. The van der Waals surface area contributed by atoms with Crippen LogP contribution >= 0.6 is 11.8 Å². The van der Waals surface area contributed by atoms with Gasteiger partial charge in [-0.1, -0.05) is 54.2 Å². The molecule has 0 fully saturated rings. The number of hydrogen-bond donors (Lipinski definition) is 0. The van der Waals surface area contributed by atoms with Gasteiger partial charge in [-0.3, -0.25) is 14.2 Å². The fourth-order valence-corrected chi connectivity index (χ4v) is 4.05. The maximum Gasteiger partial charge on any atom is 0.316 e. The van der Waals surface area contributed by atoms with Crippen LogP contribution in [0.5, 0.6) is 0 Å². The smallest absolute Gasteiger partial charge is 0.316 e. The van der Waals surface area contributed by atoms with Gasteiger partial charge in [-0.25, -0.2) is 9.37 Å². The normalized spacial score (nSPS) is 10.9. The highest BCUT2D eigenvalue weighted by Crippen LogP contribution is 2.25. The molecule has 156 valence electrons. The van der Waals surface area contributed by atoms with Crippen LogP contribution in [0, 0.1) is 5.82 Å². The third-order valence-corrected chi connectivity index (χ3v) is 5.55. The van der Waals surface area contributed by atoms with Crippen LogP contribution in [0.25, 0.3) is 27.7 Å². The lowest BCUT2D eigenvalue weighted by Gasteiger charge is -2.14. The van der Waals surface area contributed by atoms with E-state index in [2.05, 4.69) is 4.98 Å². The number of esters is 1. The van der Waals surface area contributed by atoms with Crippen molar-refractivity contribution in [3.63, 3.8) is 0 Å². The van der Waals surface area contributed by atoms with Crippen molar-refractivity contribution in [3.05, 3.63) is 89.0 Å². The molecule has 4 aromatic rings. The van der Waals surface area contributed by atoms with Gasteiger partial charge in [0.2, 0.25) is 0 Å². The number of thioether (sulfide) groups is 1. The molecule has 0 aliphatic heterocycles. The number of nitrogens with zero attached hydrogens (tertiary/aromatic N) is 2. The zero-order chi connectivity index (χ0) is 21.8. The van der Waals surface area contributed by atoms with E-state index in [0.717, 1.165) is 22.9 Å². The molecule has 3 aromatic carbocycles. The Kier molecular flexibility index (Phi) is 6.13. The average Bonchev–Trinajstić information content (AvgIpc) is 2.78. The molecule has 7 heteroatoms. The van der Waals surface area contributed by atoms with Gasteiger partial charge in [-0.2, -0.15) is 0 Å². The van der Waals surface area contributed by atoms with E-state index in [1.807, 2.05) is 36.4 Å². The van der Waals surface area contributed by atoms with Gasteiger partial charge in [0.25, 0.3) is 5.56 Å². The lowest BCUT2D eigenvalue weighted by Crippen LogP contribution is -2.22. The maximum absolute atomic E-state index is 13.9.